The lowest BCUT2D eigenvalue weighted by atomic mass is 10.1. The largest absolute Gasteiger partial charge is 0.439 e. The first-order valence-electron chi connectivity index (χ1n) is 7.25. The highest BCUT2D eigenvalue weighted by molar-refractivity contribution is 7.85. The number of nitriles is 1. The Morgan fingerprint density at radius 3 is 2.81 bits per heavy atom. The minimum atomic E-state index is -3.63. The van der Waals surface area contributed by atoms with Gasteiger partial charge >= 0.3 is 0 Å². The molecule has 0 saturated heterocycles. The highest BCUT2D eigenvalue weighted by Crippen LogP contribution is 2.27. The van der Waals surface area contributed by atoms with Gasteiger partial charge in [-0.15, -0.1) is 0 Å². The topological polar surface area (TPSA) is 128 Å². The van der Waals surface area contributed by atoms with Crippen LogP contribution < -0.4 is 4.74 Å². The number of hydrogen-bond donors (Lipinski definition) is 0. The van der Waals surface area contributed by atoms with E-state index in [1.165, 1.54) is 6.07 Å². The van der Waals surface area contributed by atoms with Crippen molar-refractivity contribution in [2.75, 3.05) is 6.26 Å². The second-order valence-electron chi connectivity index (χ2n) is 5.07. The van der Waals surface area contributed by atoms with Crippen molar-refractivity contribution in [3.8, 4) is 29.1 Å². The fraction of sp³-hybridized carbons (Fsp3) is 0.125. The van der Waals surface area contributed by atoms with Crippen LogP contribution in [-0.2, 0) is 20.9 Å². The van der Waals surface area contributed by atoms with E-state index in [1.807, 2.05) is 6.07 Å². The van der Waals surface area contributed by atoms with Gasteiger partial charge in [0.15, 0.2) is 0 Å². The Labute approximate surface area is 148 Å². The number of rotatable bonds is 6. The molecule has 3 aromatic rings. The minimum absolute atomic E-state index is 0.0249. The fourth-order valence-corrected chi connectivity index (χ4v) is 2.30. The third-order valence-electron chi connectivity index (χ3n) is 3.08. The molecule has 0 unspecified atom stereocenters. The zero-order valence-electron chi connectivity index (χ0n) is 13.5. The van der Waals surface area contributed by atoms with Crippen LogP contribution in [0.25, 0.3) is 11.4 Å². The van der Waals surface area contributed by atoms with Gasteiger partial charge in [0.2, 0.25) is 11.7 Å². The standard InChI is InChI=1S/C16H12N4O5S/c1-26(21,22)23-10-15-19-16(20-25-15)13-6-5-12(8-11(13)9-17)24-14-4-2-3-7-18-14/h2-8H,10H2,1H3. The van der Waals surface area contributed by atoms with Gasteiger partial charge in [0.25, 0.3) is 16.0 Å². The second-order valence-corrected chi connectivity index (χ2v) is 6.71. The van der Waals surface area contributed by atoms with Crippen LogP contribution in [0.2, 0.25) is 0 Å². The van der Waals surface area contributed by atoms with Gasteiger partial charge in [-0.2, -0.15) is 18.7 Å². The third-order valence-corrected chi connectivity index (χ3v) is 3.62. The quantitative estimate of drug-likeness (QED) is 0.598. The van der Waals surface area contributed by atoms with Crippen LogP contribution in [0.1, 0.15) is 11.5 Å². The smallest absolute Gasteiger partial charge is 0.264 e. The summed E-state index contributed by atoms with van der Waals surface area (Å²) >= 11 is 0. The summed E-state index contributed by atoms with van der Waals surface area (Å²) < 4.78 is 37.1. The zero-order chi connectivity index (χ0) is 18.6. The number of pyridine rings is 1. The summed E-state index contributed by atoms with van der Waals surface area (Å²) in [5, 5.41) is 13.1. The van der Waals surface area contributed by atoms with E-state index < -0.39 is 10.1 Å². The van der Waals surface area contributed by atoms with Crippen molar-refractivity contribution in [2.24, 2.45) is 0 Å². The number of aromatic nitrogens is 3. The van der Waals surface area contributed by atoms with Crippen LogP contribution >= 0.6 is 0 Å². The maximum Gasteiger partial charge on any atom is 0.264 e. The van der Waals surface area contributed by atoms with Crippen LogP contribution in [0.3, 0.4) is 0 Å². The van der Waals surface area contributed by atoms with Crippen LogP contribution in [0.4, 0.5) is 0 Å². The van der Waals surface area contributed by atoms with Gasteiger partial charge in [0, 0.05) is 17.8 Å². The lowest BCUT2D eigenvalue weighted by Gasteiger charge is -2.06. The minimum Gasteiger partial charge on any atom is -0.439 e. The van der Waals surface area contributed by atoms with Gasteiger partial charge in [-0.1, -0.05) is 11.2 Å². The molecular formula is C16H12N4O5S. The molecule has 0 bridgehead atoms. The first-order valence-corrected chi connectivity index (χ1v) is 9.06. The van der Waals surface area contributed by atoms with E-state index in [9.17, 15) is 13.7 Å². The van der Waals surface area contributed by atoms with Crippen molar-refractivity contribution in [2.45, 2.75) is 6.61 Å². The Kier molecular flexibility index (Phi) is 4.92. The Balaban J connectivity index is 1.82. The molecule has 0 saturated carbocycles. The molecule has 10 heteroatoms. The number of hydrogen-bond acceptors (Lipinski definition) is 9. The zero-order valence-corrected chi connectivity index (χ0v) is 14.3. The van der Waals surface area contributed by atoms with Crippen LogP contribution in [0.15, 0.2) is 47.1 Å². The molecule has 1 aromatic carbocycles. The van der Waals surface area contributed by atoms with Gasteiger partial charge in [-0.25, -0.2) is 4.98 Å². The highest BCUT2D eigenvalue weighted by atomic mass is 32.2. The summed E-state index contributed by atoms with van der Waals surface area (Å²) in [5.41, 5.74) is 0.671. The molecule has 0 amide bonds. The second kappa shape index (κ2) is 7.30. The van der Waals surface area contributed by atoms with E-state index in [-0.39, 0.29) is 23.9 Å². The molecule has 0 spiro atoms. The van der Waals surface area contributed by atoms with Crippen molar-refractivity contribution in [1.82, 2.24) is 15.1 Å². The highest BCUT2D eigenvalue weighted by Gasteiger charge is 2.15. The SMILES string of the molecule is CS(=O)(=O)OCc1nc(-c2ccc(Oc3ccccn3)cc2C#N)no1. The van der Waals surface area contributed by atoms with Crippen molar-refractivity contribution < 1.29 is 21.9 Å². The molecule has 0 aliphatic rings. The summed E-state index contributed by atoms with van der Waals surface area (Å²) in [6, 6.07) is 12.0. The lowest BCUT2D eigenvalue weighted by Crippen LogP contribution is -2.02. The molecule has 0 fully saturated rings. The molecule has 0 atom stereocenters. The normalized spacial score (nSPS) is 11.1. The van der Waals surface area contributed by atoms with E-state index in [4.69, 9.17) is 9.26 Å². The molecule has 2 aromatic heterocycles. The van der Waals surface area contributed by atoms with Gasteiger partial charge < -0.3 is 9.26 Å². The number of ether oxygens (including phenoxy) is 1. The van der Waals surface area contributed by atoms with Crippen LogP contribution in [-0.4, -0.2) is 29.8 Å². The van der Waals surface area contributed by atoms with E-state index in [0.717, 1.165) is 6.26 Å². The first kappa shape index (κ1) is 17.5. The Bertz CT molecular complexity index is 1060. The first-order chi connectivity index (χ1) is 12.4. The molecule has 26 heavy (non-hydrogen) atoms. The van der Waals surface area contributed by atoms with Crippen LogP contribution in [0, 0.1) is 11.3 Å². The molecule has 132 valence electrons. The fourth-order valence-electron chi connectivity index (χ4n) is 1.98. The third kappa shape index (κ3) is 4.41. The summed E-state index contributed by atoms with van der Waals surface area (Å²) in [7, 11) is -3.63. The molecule has 3 rings (SSSR count). The predicted octanol–water partition coefficient (Wildman–Crippen LogP) is 2.27. The maximum absolute atomic E-state index is 11.0. The van der Waals surface area contributed by atoms with Crippen molar-refractivity contribution in [3.05, 3.63) is 54.0 Å². The lowest BCUT2D eigenvalue weighted by molar-refractivity contribution is 0.249. The number of nitrogens with zero attached hydrogens (tertiary/aromatic N) is 4. The van der Waals surface area contributed by atoms with Gasteiger partial charge in [0.05, 0.1) is 11.8 Å². The molecule has 0 aliphatic heterocycles. The Hall–Kier alpha value is -3.29. The van der Waals surface area contributed by atoms with Gasteiger partial charge in [0.1, 0.15) is 18.4 Å². The van der Waals surface area contributed by atoms with Gasteiger partial charge in [-0.3, -0.25) is 4.18 Å². The average Bonchev–Trinajstić information content (AvgIpc) is 3.09. The molecule has 0 radical (unpaired) electrons. The molecular weight excluding hydrogens is 360 g/mol. The summed E-state index contributed by atoms with van der Waals surface area (Å²) in [6.07, 6.45) is 2.51. The molecule has 9 nitrogen and oxygen atoms in total. The Morgan fingerprint density at radius 2 is 2.12 bits per heavy atom. The summed E-state index contributed by atoms with van der Waals surface area (Å²) in [6.45, 7) is -0.380. The molecule has 2 heterocycles. The van der Waals surface area contributed by atoms with E-state index >= 15 is 0 Å². The number of benzene rings is 1. The van der Waals surface area contributed by atoms with Crippen molar-refractivity contribution >= 4 is 10.1 Å². The molecule has 0 N–H and O–H groups in total. The Morgan fingerprint density at radius 1 is 1.27 bits per heavy atom. The van der Waals surface area contributed by atoms with Gasteiger partial charge in [-0.05, 0) is 24.3 Å². The van der Waals surface area contributed by atoms with E-state index in [2.05, 4.69) is 19.3 Å². The van der Waals surface area contributed by atoms with E-state index in [1.54, 1.807) is 36.5 Å². The van der Waals surface area contributed by atoms with Crippen molar-refractivity contribution in [1.29, 1.82) is 5.26 Å². The maximum atomic E-state index is 11.0. The summed E-state index contributed by atoms with van der Waals surface area (Å²) in [4.78, 5) is 8.08. The van der Waals surface area contributed by atoms with E-state index in [0.29, 0.717) is 17.2 Å². The molecule has 0 aliphatic carbocycles. The van der Waals surface area contributed by atoms with Crippen molar-refractivity contribution in [3.63, 3.8) is 0 Å². The predicted molar refractivity (Wildman–Crippen MR) is 88.4 cm³/mol. The summed E-state index contributed by atoms with van der Waals surface area (Å²) in [5.74, 6) is 0.929. The monoisotopic (exact) mass is 372 g/mol. The average molecular weight is 372 g/mol. The van der Waals surface area contributed by atoms with Crippen LogP contribution in [0.5, 0.6) is 11.6 Å².